The average Bonchev–Trinajstić information content (AvgIpc) is 2.39. The van der Waals surface area contributed by atoms with Crippen LogP contribution in [0.5, 0.6) is 5.75 Å². The summed E-state index contributed by atoms with van der Waals surface area (Å²) in [6, 6.07) is 8.67. The minimum absolute atomic E-state index is 0.243. The van der Waals surface area contributed by atoms with Gasteiger partial charge in [0.05, 0.1) is 12.7 Å². The van der Waals surface area contributed by atoms with Gasteiger partial charge in [-0.25, -0.2) is 0 Å². The lowest BCUT2D eigenvalue weighted by atomic mass is 10.1. The molecule has 0 bridgehead atoms. The molecule has 0 aromatic heterocycles. The summed E-state index contributed by atoms with van der Waals surface area (Å²) in [4.78, 5) is 0. The van der Waals surface area contributed by atoms with Gasteiger partial charge in [0.2, 0.25) is 0 Å². The van der Waals surface area contributed by atoms with E-state index in [9.17, 15) is 0 Å². The van der Waals surface area contributed by atoms with E-state index in [1.54, 1.807) is 7.11 Å². The van der Waals surface area contributed by atoms with Crippen LogP contribution < -0.4 is 10.1 Å². The van der Waals surface area contributed by atoms with Gasteiger partial charge in [-0.05, 0) is 45.2 Å². The van der Waals surface area contributed by atoms with Crippen molar-refractivity contribution >= 4 is 0 Å². The van der Waals surface area contributed by atoms with Crippen LogP contribution in [0.25, 0.3) is 0 Å². The van der Waals surface area contributed by atoms with Crippen molar-refractivity contribution in [2.24, 2.45) is 0 Å². The number of benzene rings is 1. The Labute approximate surface area is 117 Å². The molecular formula is C16H27NO2. The Bertz CT molecular complexity index is 354. The van der Waals surface area contributed by atoms with E-state index in [1.807, 2.05) is 18.2 Å². The topological polar surface area (TPSA) is 30.5 Å². The molecule has 3 nitrogen and oxygen atoms in total. The lowest BCUT2D eigenvalue weighted by molar-refractivity contribution is 0.187. The number of methoxy groups -OCH3 is 1. The summed E-state index contributed by atoms with van der Waals surface area (Å²) in [5.74, 6) is 0.995. The molecule has 0 unspecified atom stereocenters. The molecule has 0 saturated heterocycles. The van der Waals surface area contributed by atoms with Gasteiger partial charge in [-0.2, -0.15) is 0 Å². The maximum atomic E-state index is 5.97. The van der Waals surface area contributed by atoms with Crippen molar-refractivity contribution in [1.29, 1.82) is 0 Å². The van der Waals surface area contributed by atoms with Gasteiger partial charge in [0.15, 0.2) is 0 Å². The van der Waals surface area contributed by atoms with Crippen molar-refractivity contribution in [3.05, 3.63) is 29.8 Å². The van der Waals surface area contributed by atoms with Gasteiger partial charge < -0.3 is 14.8 Å². The second-order valence-electron chi connectivity index (χ2n) is 5.12. The lowest BCUT2D eigenvalue weighted by Crippen LogP contribution is -2.30. The maximum absolute atomic E-state index is 5.97. The average molecular weight is 265 g/mol. The van der Waals surface area contributed by atoms with Crippen LogP contribution >= 0.6 is 0 Å². The van der Waals surface area contributed by atoms with E-state index in [0.717, 1.165) is 31.7 Å². The predicted molar refractivity (Wildman–Crippen MR) is 79.8 cm³/mol. The molecule has 1 aromatic rings. The number of para-hydroxylation sites is 1. The largest absolute Gasteiger partial charge is 0.490 e. The standard InChI is InChI=1S/C16H27NO2/c1-13-7-5-6-8-16(13)19-15(3)10-9-14(2)17-11-12-18-4/h5-8,14-15,17H,9-12H2,1-4H3/t14-,15+/m0/s1. The monoisotopic (exact) mass is 265 g/mol. The Hall–Kier alpha value is -1.06. The number of aryl methyl sites for hydroxylation is 1. The van der Waals surface area contributed by atoms with Gasteiger partial charge in [-0.1, -0.05) is 18.2 Å². The third-order valence-corrected chi connectivity index (χ3v) is 3.23. The quantitative estimate of drug-likeness (QED) is 0.696. The van der Waals surface area contributed by atoms with Crippen LogP contribution in [0.3, 0.4) is 0 Å². The van der Waals surface area contributed by atoms with Crippen LogP contribution in [0.15, 0.2) is 24.3 Å². The Balaban J connectivity index is 2.24. The van der Waals surface area contributed by atoms with Crippen LogP contribution in [-0.2, 0) is 4.74 Å². The van der Waals surface area contributed by atoms with Crippen LogP contribution in [0.2, 0.25) is 0 Å². The normalized spacial score (nSPS) is 14.1. The molecule has 0 radical (unpaired) electrons. The molecule has 0 heterocycles. The van der Waals surface area contributed by atoms with Gasteiger partial charge in [0, 0.05) is 19.7 Å². The Morgan fingerprint density at radius 2 is 1.89 bits per heavy atom. The number of hydrogen-bond acceptors (Lipinski definition) is 3. The van der Waals surface area contributed by atoms with Crippen LogP contribution in [0, 0.1) is 6.92 Å². The minimum Gasteiger partial charge on any atom is -0.490 e. The molecule has 0 aliphatic heterocycles. The summed E-state index contributed by atoms with van der Waals surface area (Å²) in [5, 5.41) is 3.43. The first-order valence-corrected chi connectivity index (χ1v) is 7.08. The lowest BCUT2D eigenvalue weighted by Gasteiger charge is -2.19. The predicted octanol–water partition coefficient (Wildman–Crippen LogP) is 3.17. The number of rotatable bonds is 9. The first-order chi connectivity index (χ1) is 9.13. The Morgan fingerprint density at radius 1 is 1.16 bits per heavy atom. The first-order valence-electron chi connectivity index (χ1n) is 7.08. The van der Waals surface area contributed by atoms with Crippen molar-refractivity contribution in [3.63, 3.8) is 0 Å². The van der Waals surface area contributed by atoms with Gasteiger partial charge >= 0.3 is 0 Å². The molecule has 1 N–H and O–H groups in total. The molecule has 0 spiro atoms. The van der Waals surface area contributed by atoms with E-state index in [-0.39, 0.29) is 6.10 Å². The fourth-order valence-corrected chi connectivity index (χ4v) is 1.96. The SMILES string of the molecule is COCCN[C@@H](C)CC[C@@H](C)Oc1ccccc1C. The van der Waals surface area contributed by atoms with Crippen LogP contribution in [-0.4, -0.2) is 32.4 Å². The van der Waals surface area contributed by atoms with Crippen molar-refractivity contribution in [1.82, 2.24) is 5.32 Å². The molecule has 3 heteroatoms. The highest BCUT2D eigenvalue weighted by molar-refractivity contribution is 5.31. The summed E-state index contributed by atoms with van der Waals surface area (Å²) in [6.07, 6.45) is 2.40. The van der Waals surface area contributed by atoms with Gasteiger partial charge in [-0.3, -0.25) is 0 Å². The maximum Gasteiger partial charge on any atom is 0.122 e. The van der Waals surface area contributed by atoms with E-state index in [4.69, 9.17) is 9.47 Å². The molecule has 0 fully saturated rings. The van der Waals surface area contributed by atoms with E-state index in [1.165, 1.54) is 5.56 Å². The highest BCUT2D eigenvalue weighted by Crippen LogP contribution is 2.19. The highest BCUT2D eigenvalue weighted by atomic mass is 16.5. The summed E-state index contributed by atoms with van der Waals surface area (Å²) in [5.41, 5.74) is 1.20. The van der Waals surface area contributed by atoms with Crippen LogP contribution in [0.1, 0.15) is 32.3 Å². The zero-order valence-corrected chi connectivity index (χ0v) is 12.6. The fourth-order valence-electron chi connectivity index (χ4n) is 1.96. The van der Waals surface area contributed by atoms with Crippen molar-refractivity contribution < 1.29 is 9.47 Å². The Morgan fingerprint density at radius 3 is 2.58 bits per heavy atom. The summed E-state index contributed by atoms with van der Waals surface area (Å²) >= 11 is 0. The molecule has 0 saturated carbocycles. The van der Waals surface area contributed by atoms with Crippen molar-refractivity contribution in [2.75, 3.05) is 20.3 Å². The van der Waals surface area contributed by atoms with Gasteiger partial charge in [0.1, 0.15) is 5.75 Å². The number of hydrogen-bond donors (Lipinski definition) is 1. The highest BCUT2D eigenvalue weighted by Gasteiger charge is 2.08. The third kappa shape index (κ3) is 6.60. The minimum atomic E-state index is 0.243. The molecular weight excluding hydrogens is 238 g/mol. The van der Waals surface area contributed by atoms with Crippen LogP contribution in [0.4, 0.5) is 0 Å². The van der Waals surface area contributed by atoms with E-state index in [2.05, 4.69) is 32.2 Å². The van der Waals surface area contributed by atoms with Crippen molar-refractivity contribution in [2.45, 2.75) is 45.8 Å². The molecule has 1 rings (SSSR count). The molecule has 108 valence electrons. The molecule has 2 atom stereocenters. The molecule has 19 heavy (non-hydrogen) atoms. The second-order valence-corrected chi connectivity index (χ2v) is 5.12. The summed E-state index contributed by atoms with van der Waals surface area (Å²) < 4.78 is 11.0. The van der Waals surface area contributed by atoms with E-state index >= 15 is 0 Å². The summed E-state index contributed by atoms with van der Waals surface area (Å²) in [7, 11) is 1.73. The Kier molecular flexibility index (Phi) is 7.53. The first kappa shape index (κ1) is 16.0. The van der Waals surface area contributed by atoms with Gasteiger partial charge in [0.25, 0.3) is 0 Å². The zero-order chi connectivity index (χ0) is 14.1. The number of nitrogens with one attached hydrogen (secondary N) is 1. The van der Waals surface area contributed by atoms with Crippen molar-refractivity contribution in [3.8, 4) is 5.75 Å². The van der Waals surface area contributed by atoms with Gasteiger partial charge in [-0.15, -0.1) is 0 Å². The number of ether oxygens (including phenoxy) is 2. The molecule has 0 aliphatic carbocycles. The fraction of sp³-hybridized carbons (Fsp3) is 0.625. The molecule has 0 amide bonds. The smallest absolute Gasteiger partial charge is 0.122 e. The zero-order valence-electron chi connectivity index (χ0n) is 12.6. The summed E-state index contributed by atoms with van der Waals surface area (Å²) in [6.45, 7) is 8.09. The second kappa shape index (κ2) is 8.94. The van der Waals surface area contributed by atoms with E-state index < -0.39 is 0 Å². The molecule has 0 aliphatic rings. The third-order valence-electron chi connectivity index (χ3n) is 3.23. The molecule has 1 aromatic carbocycles. The van der Waals surface area contributed by atoms with E-state index in [0.29, 0.717) is 6.04 Å².